The highest BCUT2D eigenvalue weighted by atomic mass is 16.2. The molecule has 3 rings (SSSR count). The molecule has 2 N–H and O–H groups in total. The second-order valence-corrected chi connectivity index (χ2v) is 7.47. The maximum atomic E-state index is 12.8. The molecule has 8 heteroatoms. The Kier molecular flexibility index (Phi) is 6.21. The monoisotopic (exact) mass is 394 g/mol. The summed E-state index contributed by atoms with van der Waals surface area (Å²) in [5, 5.41) is 10.7. The summed E-state index contributed by atoms with van der Waals surface area (Å²) < 4.78 is 1.82. The second kappa shape index (κ2) is 8.81. The molecule has 0 aromatic carbocycles. The molecule has 0 aliphatic heterocycles. The van der Waals surface area contributed by atoms with Crippen LogP contribution in [0.3, 0.4) is 0 Å². The van der Waals surface area contributed by atoms with E-state index < -0.39 is 0 Å². The Hall–Kier alpha value is -3.29. The predicted octanol–water partition coefficient (Wildman–Crippen LogP) is 3.29. The SMILES string of the molecule is CC(C)c1cc(C(=O)NCCC(=O)Nc2cccnc2)c2cnn(C(C)C)c2n1. The molecule has 0 radical (unpaired) electrons. The quantitative estimate of drug-likeness (QED) is 0.640. The van der Waals surface area contributed by atoms with Crippen LogP contribution >= 0.6 is 0 Å². The van der Waals surface area contributed by atoms with Gasteiger partial charge in [-0.05, 0) is 38.0 Å². The number of fused-ring (bicyclic) bond motifs is 1. The van der Waals surface area contributed by atoms with Gasteiger partial charge in [0.05, 0.1) is 29.0 Å². The zero-order valence-electron chi connectivity index (χ0n) is 17.1. The first-order valence-corrected chi connectivity index (χ1v) is 9.73. The number of pyridine rings is 2. The third-order valence-electron chi connectivity index (χ3n) is 4.49. The lowest BCUT2D eigenvalue weighted by molar-refractivity contribution is -0.116. The number of aromatic nitrogens is 4. The van der Waals surface area contributed by atoms with Crippen molar-refractivity contribution >= 4 is 28.5 Å². The van der Waals surface area contributed by atoms with Crippen molar-refractivity contribution in [1.29, 1.82) is 0 Å². The molecule has 3 heterocycles. The van der Waals surface area contributed by atoms with Crippen molar-refractivity contribution in [3.05, 3.63) is 48.0 Å². The van der Waals surface area contributed by atoms with Crippen LogP contribution in [0.15, 0.2) is 36.8 Å². The molecule has 3 aromatic heterocycles. The zero-order valence-corrected chi connectivity index (χ0v) is 17.1. The highest BCUT2D eigenvalue weighted by molar-refractivity contribution is 6.05. The van der Waals surface area contributed by atoms with Crippen LogP contribution in [0.25, 0.3) is 11.0 Å². The average molecular weight is 394 g/mol. The minimum absolute atomic E-state index is 0.134. The summed E-state index contributed by atoms with van der Waals surface area (Å²) >= 11 is 0. The predicted molar refractivity (Wildman–Crippen MR) is 112 cm³/mol. The van der Waals surface area contributed by atoms with Crippen LogP contribution < -0.4 is 10.6 Å². The van der Waals surface area contributed by atoms with E-state index in [0.717, 1.165) is 5.69 Å². The average Bonchev–Trinajstić information content (AvgIpc) is 3.12. The Bertz CT molecular complexity index is 1010. The van der Waals surface area contributed by atoms with Crippen LogP contribution in [0.2, 0.25) is 0 Å². The summed E-state index contributed by atoms with van der Waals surface area (Å²) in [5.41, 5.74) is 2.69. The van der Waals surface area contributed by atoms with Gasteiger partial charge in [0.2, 0.25) is 5.91 Å². The molecule has 0 fully saturated rings. The van der Waals surface area contributed by atoms with Gasteiger partial charge in [0.15, 0.2) is 5.65 Å². The minimum Gasteiger partial charge on any atom is -0.351 e. The lowest BCUT2D eigenvalue weighted by atomic mass is 10.0. The molecule has 152 valence electrons. The van der Waals surface area contributed by atoms with Gasteiger partial charge >= 0.3 is 0 Å². The topological polar surface area (TPSA) is 102 Å². The molecule has 0 saturated heterocycles. The number of nitrogens with one attached hydrogen (secondary N) is 2. The Balaban J connectivity index is 1.72. The summed E-state index contributed by atoms with van der Waals surface area (Å²) in [6.45, 7) is 8.35. The Morgan fingerprint density at radius 1 is 1.17 bits per heavy atom. The second-order valence-electron chi connectivity index (χ2n) is 7.47. The first kappa shape index (κ1) is 20.4. The van der Waals surface area contributed by atoms with Gasteiger partial charge in [0, 0.05) is 30.9 Å². The van der Waals surface area contributed by atoms with Crippen LogP contribution in [0, 0.1) is 0 Å². The van der Waals surface area contributed by atoms with E-state index in [0.29, 0.717) is 22.3 Å². The Morgan fingerprint density at radius 3 is 2.62 bits per heavy atom. The van der Waals surface area contributed by atoms with Gasteiger partial charge in [-0.2, -0.15) is 5.10 Å². The zero-order chi connectivity index (χ0) is 21.0. The van der Waals surface area contributed by atoms with Gasteiger partial charge in [0.1, 0.15) is 0 Å². The number of anilines is 1. The normalized spacial score (nSPS) is 11.2. The lowest BCUT2D eigenvalue weighted by Crippen LogP contribution is -2.28. The van der Waals surface area contributed by atoms with Crippen molar-refractivity contribution in [2.24, 2.45) is 0 Å². The van der Waals surface area contributed by atoms with Gasteiger partial charge < -0.3 is 10.6 Å². The Labute approximate surface area is 169 Å². The van der Waals surface area contributed by atoms with Crippen LogP contribution in [-0.2, 0) is 4.79 Å². The number of hydrogen-bond donors (Lipinski definition) is 2. The van der Waals surface area contributed by atoms with Crippen molar-refractivity contribution in [2.75, 3.05) is 11.9 Å². The largest absolute Gasteiger partial charge is 0.351 e. The summed E-state index contributed by atoms with van der Waals surface area (Å²) in [7, 11) is 0. The minimum atomic E-state index is -0.239. The van der Waals surface area contributed by atoms with E-state index in [2.05, 4.69) is 20.7 Å². The molecule has 0 aliphatic carbocycles. The fraction of sp³-hybridized carbons (Fsp3) is 0.381. The standard InChI is InChI=1S/C21H26N6O2/c1-13(2)18-10-16(17-12-24-27(14(3)4)20(17)26-18)21(29)23-9-7-19(28)25-15-6-5-8-22-11-15/h5-6,8,10-14H,7,9H2,1-4H3,(H,23,29)(H,25,28). The van der Waals surface area contributed by atoms with Crippen LogP contribution in [0.5, 0.6) is 0 Å². The molecule has 0 saturated carbocycles. The molecule has 3 aromatic rings. The molecule has 0 spiro atoms. The smallest absolute Gasteiger partial charge is 0.252 e. The molecule has 0 bridgehead atoms. The summed E-state index contributed by atoms with van der Waals surface area (Å²) in [5.74, 6) is -0.253. The van der Waals surface area contributed by atoms with E-state index in [1.54, 1.807) is 30.7 Å². The van der Waals surface area contributed by atoms with Gasteiger partial charge in [-0.15, -0.1) is 0 Å². The number of nitrogens with zero attached hydrogens (tertiary/aromatic N) is 4. The van der Waals surface area contributed by atoms with Crippen LogP contribution in [0.4, 0.5) is 5.69 Å². The van der Waals surface area contributed by atoms with Crippen molar-refractivity contribution in [1.82, 2.24) is 25.1 Å². The van der Waals surface area contributed by atoms with Gasteiger partial charge in [0.25, 0.3) is 5.91 Å². The van der Waals surface area contributed by atoms with Crippen LogP contribution in [0.1, 0.15) is 62.1 Å². The number of rotatable bonds is 7. The van der Waals surface area contributed by atoms with Gasteiger partial charge in [-0.3, -0.25) is 14.6 Å². The van der Waals surface area contributed by atoms with Crippen molar-refractivity contribution < 1.29 is 9.59 Å². The van der Waals surface area contributed by atoms with Crippen LogP contribution in [-0.4, -0.2) is 38.1 Å². The van der Waals surface area contributed by atoms with Crippen molar-refractivity contribution in [3.8, 4) is 0 Å². The number of hydrogen-bond acceptors (Lipinski definition) is 5. The van der Waals surface area contributed by atoms with E-state index in [1.165, 1.54) is 0 Å². The first-order chi connectivity index (χ1) is 13.9. The number of carbonyl (C=O) groups is 2. The van der Waals surface area contributed by atoms with Gasteiger partial charge in [-0.25, -0.2) is 9.67 Å². The number of amides is 2. The van der Waals surface area contributed by atoms with E-state index in [1.807, 2.05) is 38.4 Å². The fourth-order valence-electron chi connectivity index (χ4n) is 2.94. The molecule has 0 atom stereocenters. The van der Waals surface area contributed by atoms with E-state index in [4.69, 9.17) is 4.98 Å². The number of carbonyl (C=O) groups excluding carboxylic acids is 2. The molecular formula is C21H26N6O2. The maximum absolute atomic E-state index is 12.8. The summed E-state index contributed by atoms with van der Waals surface area (Å²) in [6, 6.07) is 5.45. The van der Waals surface area contributed by atoms with Crippen molar-refractivity contribution in [2.45, 2.75) is 46.1 Å². The van der Waals surface area contributed by atoms with E-state index in [-0.39, 0.29) is 36.7 Å². The molecule has 8 nitrogen and oxygen atoms in total. The highest BCUT2D eigenvalue weighted by Gasteiger charge is 2.19. The summed E-state index contributed by atoms with van der Waals surface area (Å²) in [6.07, 6.45) is 5.05. The van der Waals surface area contributed by atoms with E-state index >= 15 is 0 Å². The molecule has 2 amide bonds. The summed E-state index contributed by atoms with van der Waals surface area (Å²) in [4.78, 5) is 33.5. The molecular weight excluding hydrogens is 368 g/mol. The third-order valence-corrected chi connectivity index (χ3v) is 4.49. The maximum Gasteiger partial charge on any atom is 0.252 e. The first-order valence-electron chi connectivity index (χ1n) is 9.73. The molecule has 0 aliphatic rings. The fourth-order valence-corrected chi connectivity index (χ4v) is 2.94. The molecule has 0 unspecified atom stereocenters. The molecule has 29 heavy (non-hydrogen) atoms. The van der Waals surface area contributed by atoms with Gasteiger partial charge in [-0.1, -0.05) is 13.8 Å². The highest BCUT2D eigenvalue weighted by Crippen LogP contribution is 2.24. The third kappa shape index (κ3) is 4.77. The Morgan fingerprint density at radius 2 is 1.97 bits per heavy atom. The van der Waals surface area contributed by atoms with E-state index in [9.17, 15) is 9.59 Å². The lowest BCUT2D eigenvalue weighted by Gasteiger charge is -2.12. The van der Waals surface area contributed by atoms with Crippen molar-refractivity contribution in [3.63, 3.8) is 0 Å².